The molecule has 0 aliphatic carbocycles. The van der Waals surface area contributed by atoms with E-state index in [1.54, 1.807) is 0 Å². The van der Waals surface area contributed by atoms with E-state index in [2.05, 4.69) is 38.3 Å². The van der Waals surface area contributed by atoms with Gasteiger partial charge >= 0.3 is 0 Å². The molecule has 1 rings (SSSR count). The Morgan fingerprint density at radius 3 is 2.71 bits per heavy atom. The molecule has 0 radical (unpaired) electrons. The molecule has 14 heavy (non-hydrogen) atoms. The predicted molar refractivity (Wildman–Crippen MR) is 60.2 cm³/mol. The fourth-order valence-corrected chi connectivity index (χ4v) is 1.78. The second kappa shape index (κ2) is 5.32. The van der Waals surface area contributed by atoms with Gasteiger partial charge in [-0.3, -0.25) is 4.90 Å². The van der Waals surface area contributed by atoms with Crippen LogP contribution in [-0.2, 0) is 4.74 Å². The number of likely N-dealkylation sites (N-methyl/N-ethyl adjacent to an activating group) is 1. The molecule has 1 unspecified atom stereocenters. The lowest BCUT2D eigenvalue weighted by atomic mass is 10.1. The number of allylic oxidation sites excluding steroid dienone is 1. The standard InChI is InChI=1S/C12H21NO/c1-5-13(6-2)12-8-11(9-14-12)7-10(3)4/h8,12H,3,5-7,9H2,1-2,4H3. The van der Waals surface area contributed by atoms with Crippen LogP contribution in [0.3, 0.4) is 0 Å². The van der Waals surface area contributed by atoms with E-state index in [4.69, 9.17) is 4.74 Å². The minimum atomic E-state index is 0.194. The zero-order valence-corrected chi connectivity index (χ0v) is 9.55. The first-order valence-corrected chi connectivity index (χ1v) is 5.37. The minimum absolute atomic E-state index is 0.194. The Morgan fingerprint density at radius 1 is 1.57 bits per heavy atom. The molecule has 80 valence electrons. The average molecular weight is 195 g/mol. The van der Waals surface area contributed by atoms with Crippen LogP contribution in [0, 0.1) is 0 Å². The van der Waals surface area contributed by atoms with Crippen molar-refractivity contribution in [3.05, 3.63) is 23.8 Å². The highest BCUT2D eigenvalue weighted by Gasteiger charge is 2.20. The highest BCUT2D eigenvalue weighted by Crippen LogP contribution is 2.20. The van der Waals surface area contributed by atoms with Gasteiger partial charge in [0.2, 0.25) is 0 Å². The van der Waals surface area contributed by atoms with Crippen LogP contribution in [0.2, 0.25) is 0 Å². The Morgan fingerprint density at radius 2 is 2.21 bits per heavy atom. The molecular weight excluding hydrogens is 174 g/mol. The lowest BCUT2D eigenvalue weighted by molar-refractivity contribution is 0.00323. The van der Waals surface area contributed by atoms with Crippen LogP contribution in [0.5, 0.6) is 0 Å². The summed E-state index contributed by atoms with van der Waals surface area (Å²) in [4.78, 5) is 2.31. The summed E-state index contributed by atoms with van der Waals surface area (Å²) in [7, 11) is 0. The molecule has 0 aromatic rings. The third-order valence-electron chi connectivity index (χ3n) is 2.52. The van der Waals surface area contributed by atoms with Gasteiger partial charge < -0.3 is 4.74 Å². The Kier molecular flexibility index (Phi) is 4.36. The van der Waals surface area contributed by atoms with E-state index in [1.807, 2.05) is 0 Å². The monoisotopic (exact) mass is 195 g/mol. The number of ether oxygens (including phenoxy) is 1. The van der Waals surface area contributed by atoms with Gasteiger partial charge in [0.15, 0.2) is 0 Å². The summed E-state index contributed by atoms with van der Waals surface area (Å²) >= 11 is 0. The lowest BCUT2D eigenvalue weighted by Gasteiger charge is -2.23. The molecule has 1 aliphatic rings. The van der Waals surface area contributed by atoms with Crippen LogP contribution >= 0.6 is 0 Å². The Labute approximate surface area is 87.2 Å². The summed E-state index contributed by atoms with van der Waals surface area (Å²) < 4.78 is 5.70. The fraction of sp³-hybridized carbons (Fsp3) is 0.667. The van der Waals surface area contributed by atoms with E-state index in [9.17, 15) is 0 Å². The zero-order chi connectivity index (χ0) is 10.6. The first-order valence-electron chi connectivity index (χ1n) is 5.37. The first kappa shape index (κ1) is 11.5. The van der Waals surface area contributed by atoms with Crippen molar-refractivity contribution in [1.29, 1.82) is 0 Å². The van der Waals surface area contributed by atoms with E-state index in [1.165, 1.54) is 11.1 Å². The number of rotatable bonds is 5. The zero-order valence-electron chi connectivity index (χ0n) is 9.55. The summed E-state index contributed by atoms with van der Waals surface area (Å²) in [6, 6.07) is 0. The van der Waals surface area contributed by atoms with Gasteiger partial charge in [0, 0.05) is 0 Å². The van der Waals surface area contributed by atoms with Crippen molar-refractivity contribution < 1.29 is 4.74 Å². The van der Waals surface area contributed by atoms with Gasteiger partial charge in [-0.2, -0.15) is 0 Å². The van der Waals surface area contributed by atoms with Gasteiger partial charge in [-0.25, -0.2) is 0 Å². The second-order valence-electron chi connectivity index (χ2n) is 3.88. The molecule has 1 aliphatic heterocycles. The van der Waals surface area contributed by atoms with Crippen molar-refractivity contribution in [2.45, 2.75) is 33.4 Å². The van der Waals surface area contributed by atoms with Gasteiger partial charge in [-0.05, 0) is 38.1 Å². The molecule has 1 heterocycles. The highest BCUT2D eigenvalue weighted by molar-refractivity contribution is 5.17. The maximum Gasteiger partial charge on any atom is 0.130 e. The van der Waals surface area contributed by atoms with Gasteiger partial charge in [0.25, 0.3) is 0 Å². The molecule has 0 aromatic heterocycles. The molecule has 0 spiro atoms. The summed E-state index contributed by atoms with van der Waals surface area (Å²) in [5.41, 5.74) is 2.58. The van der Waals surface area contributed by atoms with E-state index in [-0.39, 0.29) is 6.23 Å². The quantitative estimate of drug-likeness (QED) is 0.625. The highest BCUT2D eigenvalue weighted by atomic mass is 16.5. The first-order chi connectivity index (χ1) is 6.67. The Hall–Kier alpha value is -0.600. The Bertz CT molecular complexity index is 228. The molecule has 0 saturated heterocycles. The predicted octanol–water partition coefficient (Wildman–Crippen LogP) is 2.58. The van der Waals surface area contributed by atoms with E-state index >= 15 is 0 Å². The van der Waals surface area contributed by atoms with E-state index < -0.39 is 0 Å². The van der Waals surface area contributed by atoms with Crippen LogP contribution < -0.4 is 0 Å². The van der Waals surface area contributed by atoms with Crippen molar-refractivity contribution in [1.82, 2.24) is 4.90 Å². The van der Waals surface area contributed by atoms with Gasteiger partial charge in [0.05, 0.1) is 6.61 Å². The third-order valence-corrected chi connectivity index (χ3v) is 2.52. The molecule has 1 atom stereocenters. The molecule has 0 aromatic carbocycles. The molecule has 2 heteroatoms. The summed E-state index contributed by atoms with van der Waals surface area (Å²) in [5.74, 6) is 0. The maximum absolute atomic E-state index is 5.70. The van der Waals surface area contributed by atoms with Gasteiger partial charge in [-0.15, -0.1) is 0 Å². The summed E-state index contributed by atoms with van der Waals surface area (Å²) in [5, 5.41) is 0. The third kappa shape index (κ3) is 2.96. The lowest BCUT2D eigenvalue weighted by Crippen LogP contribution is -2.33. The normalized spacial score (nSPS) is 21.4. The van der Waals surface area contributed by atoms with Gasteiger partial charge in [-0.1, -0.05) is 26.0 Å². The van der Waals surface area contributed by atoms with E-state index in [0.717, 1.165) is 26.1 Å². The second-order valence-corrected chi connectivity index (χ2v) is 3.88. The van der Waals surface area contributed by atoms with Crippen LogP contribution in [-0.4, -0.2) is 30.8 Å². The number of nitrogens with zero attached hydrogens (tertiary/aromatic N) is 1. The summed E-state index contributed by atoms with van der Waals surface area (Å²) in [6.07, 6.45) is 3.42. The van der Waals surface area contributed by atoms with Crippen LogP contribution in [0.25, 0.3) is 0 Å². The largest absolute Gasteiger partial charge is 0.355 e. The molecule has 0 bridgehead atoms. The molecule has 0 saturated carbocycles. The SMILES string of the molecule is C=C(C)CC1=CC(N(CC)CC)OC1. The molecule has 0 fully saturated rings. The van der Waals surface area contributed by atoms with Crippen molar-refractivity contribution in [2.75, 3.05) is 19.7 Å². The fourth-order valence-electron chi connectivity index (χ4n) is 1.78. The van der Waals surface area contributed by atoms with Crippen molar-refractivity contribution >= 4 is 0 Å². The van der Waals surface area contributed by atoms with E-state index in [0.29, 0.717) is 0 Å². The van der Waals surface area contributed by atoms with Crippen molar-refractivity contribution in [3.8, 4) is 0 Å². The average Bonchev–Trinajstić information content (AvgIpc) is 2.54. The molecular formula is C12H21NO. The van der Waals surface area contributed by atoms with Crippen LogP contribution in [0.15, 0.2) is 23.8 Å². The summed E-state index contributed by atoms with van der Waals surface area (Å²) in [6.45, 7) is 13.2. The topological polar surface area (TPSA) is 12.5 Å². The van der Waals surface area contributed by atoms with Crippen molar-refractivity contribution in [2.24, 2.45) is 0 Å². The molecule has 2 nitrogen and oxygen atoms in total. The maximum atomic E-state index is 5.70. The van der Waals surface area contributed by atoms with Crippen molar-refractivity contribution in [3.63, 3.8) is 0 Å². The van der Waals surface area contributed by atoms with Crippen LogP contribution in [0.4, 0.5) is 0 Å². The van der Waals surface area contributed by atoms with Crippen LogP contribution in [0.1, 0.15) is 27.2 Å². The van der Waals surface area contributed by atoms with Gasteiger partial charge in [0.1, 0.15) is 6.23 Å². The molecule has 0 N–H and O–H groups in total. The smallest absolute Gasteiger partial charge is 0.130 e. The number of hydrogen-bond donors (Lipinski definition) is 0. The number of hydrogen-bond acceptors (Lipinski definition) is 2. The minimum Gasteiger partial charge on any atom is -0.355 e. The molecule has 0 amide bonds. The Balaban J connectivity index is 2.51.